The van der Waals surface area contributed by atoms with Gasteiger partial charge in [0.05, 0.1) is 17.4 Å². The molecule has 0 bridgehead atoms. The van der Waals surface area contributed by atoms with Crippen LogP contribution in [0.2, 0.25) is 0 Å². The van der Waals surface area contributed by atoms with E-state index in [2.05, 4.69) is 24.3 Å². The summed E-state index contributed by atoms with van der Waals surface area (Å²) in [5, 5.41) is 0. The number of carbonyl (C=O) groups excluding carboxylic acids is 1. The van der Waals surface area contributed by atoms with Gasteiger partial charge in [-0.05, 0) is 30.7 Å². The van der Waals surface area contributed by atoms with Gasteiger partial charge in [0.25, 0.3) is 0 Å². The van der Waals surface area contributed by atoms with Gasteiger partial charge < -0.3 is 4.90 Å². The Morgan fingerprint density at radius 2 is 1.71 bits per heavy atom. The van der Waals surface area contributed by atoms with Crippen LogP contribution in [0, 0.1) is 5.92 Å². The second-order valence-electron chi connectivity index (χ2n) is 6.11. The normalized spacial score (nSPS) is 25.9. The van der Waals surface area contributed by atoms with Crippen LogP contribution in [0.25, 0.3) is 0 Å². The lowest BCUT2D eigenvalue weighted by Gasteiger charge is -2.33. The van der Waals surface area contributed by atoms with Gasteiger partial charge in [0.15, 0.2) is 9.84 Å². The molecule has 0 spiro atoms. The number of nitrogens with zero attached hydrogens (tertiary/aromatic N) is 1. The summed E-state index contributed by atoms with van der Waals surface area (Å²) in [6.45, 7) is 1.49. The quantitative estimate of drug-likeness (QED) is 0.837. The SMILES string of the molecule is O=C([C@@H]1CCS(=O)(=O)C1)N1CCC(c2ccccc2)CC1. The van der Waals surface area contributed by atoms with Gasteiger partial charge >= 0.3 is 0 Å². The van der Waals surface area contributed by atoms with Gasteiger partial charge in [-0.25, -0.2) is 8.42 Å². The van der Waals surface area contributed by atoms with Crippen molar-refractivity contribution >= 4 is 15.7 Å². The minimum absolute atomic E-state index is 0.0441. The second-order valence-corrected chi connectivity index (χ2v) is 8.34. The first-order valence-corrected chi connectivity index (χ1v) is 9.41. The lowest BCUT2D eigenvalue weighted by Crippen LogP contribution is -2.41. The summed E-state index contributed by atoms with van der Waals surface area (Å²) in [7, 11) is -2.98. The predicted octanol–water partition coefficient (Wildman–Crippen LogP) is 1.83. The Balaban J connectivity index is 1.57. The third-order valence-electron chi connectivity index (χ3n) is 4.66. The summed E-state index contributed by atoms with van der Waals surface area (Å²) in [6.07, 6.45) is 2.43. The first-order valence-electron chi connectivity index (χ1n) is 7.59. The van der Waals surface area contributed by atoms with E-state index in [-0.39, 0.29) is 23.3 Å². The van der Waals surface area contributed by atoms with Crippen LogP contribution in [-0.2, 0) is 14.6 Å². The first-order chi connectivity index (χ1) is 10.1. The standard InChI is InChI=1S/C16H21NO3S/c18-16(15-8-11-21(19,20)12-15)17-9-6-14(7-10-17)13-4-2-1-3-5-13/h1-5,14-15H,6-12H2/t15-/m1/s1. The van der Waals surface area contributed by atoms with Gasteiger partial charge in [-0.1, -0.05) is 30.3 Å². The molecule has 1 amide bonds. The van der Waals surface area contributed by atoms with Gasteiger partial charge in [0, 0.05) is 13.1 Å². The van der Waals surface area contributed by atoms with Crippen LogP contribution in [-0.4, -0.2) is 43.8 Å². The third-order valence-corrected chi connectivity index (χ3v) is 6.43. The molecule has 1 atom stereocenters. The van der Waals surface area contributed by atoms with Crippen molar-refractivity contribution in [2.45, 2.75) is 25.2 Å². The number of hydrogen-bond donors (Lipinski definition) is 0. The van der Waals surface area contributed by atoms with Gasteiger partial charge in [0.2, 0.25) is 5.91 Å². The van der Waals surface area contributed by atoms with Crippen molar-refractivity contribution in [3.8, 4) is 0 Å². The molecule has 0 N–H and O–H groups in total. The Hall–Kier alpha value is -1.36. The highest BCUT2D eigenvalue weighted by Gasteiger charge is 2.36. The molecule has 21 heavy (non-hydrogen) atoms. The van der Waals surface area contributed by atoms with Gasteiger partial charge in [0.1, 0.15) is 0 Å². The number of hydrogen-bond acceptors (Lipinski definition) is 3. The maximum absolute atomic E-state index is 12.4. The first kappa shape index (κ1) is 14.6. The lowest BCUT2D eigenvalue weighted by atomic mass is 9.89. The zero-order chi connectivity index (χ0) is 14.9. The van der Waals surface area contributed by atoms with Crippen LogP contribution in [0.5, 0.6) is 0 Å². The molecule has 4 nitrogen and oxygen atoms in total. The highest BCUT2D eigenvalue weighted by Crippen LogP contribution is 2.29. The number of carbonyl (C=O) groups is 1. The zero-order valence-electron chi connectivity index (χ0n) is 12.1. The van der Waals surface area contributed by atoms with Gasteiger partial charge in [-0.15, -0.1) is 0 Å². The molecule has 3 rings (SSSR count). The van der Waals surface area contributed by atoms with E-state index in [0.717, 1.165) is 25.9 Å². The van der Waals surface area contributed by atoms with E-state index >= 15 is 0 Å². The van der Waals surface area contributed by atoms with Crippen molar-refractivity contribution in [3.63, 3.8) is 0 Å². The van der Waals surface area contributed by atoms with Crippen molar-refractivity contribution in [2.75, 3.05) is 24.6 Å². The molecule has 5 heteroatoms. The summed E-state index contributed by atoms with van der Waals surface area (Å²) >= 11 is 0. The Kier molecular flexibility index (Phi) is 4.02. The highest BCUT2D eigenvalue weighted by atomic mass is 32.2. The largest absolute Gasteiger partial charge is 0.342 e. The Morgan fingerprint density at radius 3 is 2.29 bits per heavy atom. The summed E-state index contributed by atoms with van der Waals surface area (Å²) < 4.78 is 23.0. The lowest BCUT2D eigenvalue weighted by molar-refractivity contribution is -0.135. The molecule has 0 aliphatic carbocycles. The molecule has 2 saturated heterocycles. The monoisotopic (exact) mass is 307 g/mol. The number of sulfone groups is 1. The van der Waals surface area contributed by atoms with E-state index < -0.39 is 9.84 Å². The molecular formula is C16H21NO3S. The molecule has 2 aliphatic heterocycles. The van der Waals surface area contributed by atoms with E-state index in [4.69, 9.17) is 0 Å². The zero-order valence-corrected chi connectivity index (χ0v) is 12.9. The summed E-state index contributed by atoms with van der Waals surface area (Å²) in [5.41, 5.74) is 1.34. The molecular weight excluding hydrogens is 286 g/mol. The topological polar surface area (TPSA) is 54.5 Å². The highest BCUT2D eigenvalue weighted by molar-refractivity contribution is 7.91. The molecule has 1 aromatic rings. The van der Waals surface area contributed by atoms with Crippen LogP contribution in [0.4, 0.5) is 0 Å². The number of piperidine rings is 1. The minimum atomic E-state index is -2.98. The molecule has 0 saturated carbocycles. The number of amides is 1. The average molecular weight is 307 g/mol. The van der Waals surface area contributed by atoms with E-state index in [1.807, 2.05) is 11.0 Å². The fourth-order valence-electron chi connectivity index (χ4n) is 3.41. The summed E-state index contributed by atoms with van der Waals surface area (Å²) in [6, 6.07) is 10.4. The molecule has 2 heterocycles. The Labute approximate surface area is 126 Å². The fraction of sp³-hybridized carbons (Fsp3) is 0.562. The van der Waals surface area contributed by atoms with Crippen molar-refractivity contribution in [3.05, 3.63) is 35.9 Å². The fourth-order valence-corrected chi connectivity index (χ4v) is 5.14. The molecule has 0 unspecified atom stereocenters. The van der Waals surface area contributed by atoms with E-state index in [1.54, 1.807) is 0 Å². The van der Waals surface area contributed by atoms with Crippen LogP contribution < -0.4 is 0 Å². The van der Waals surface area contributed by atoms with E-state index in [9.17, 15) is 13.2 Å². The van der Waals surface area contributed by atoms with Crippen LogP contribution in [0.3, 0.4) is 0 Å². The predicted molar refractivity (Wildman–Crippen MR) is 81.8 cm³/mol. The second kappa shape index (κ2) is 5.79. The molecule has 2 aliphatic rings. The van der Waals surface area contributed by atoms with Crippen LogP contribution in [0.15, 0.2) is 30.3 Å². The number of rotatable bonds is 2. The smallest absolute Gasteiger partial charge is 0.226 e. The maximum atomic E-state index is 12.4. The Bertz CT molecular complexity index is 604. The van der Waals surface area contributed by atoms with Crippen molar-refractivity contribution in [2.24, 2.45) is 5.92 Å². The Morgan fingerprint density at radius 1 is 1.05 bits per heavy atom. The van der Waals surface area contributed by atoms with Gasteiger partial charge in [-0.2, -0.15) is 0 Å². The molecule has 0 radical (unpaired) electrons. The third kappa shape index (κ3) is 3.28. The van der Waals surface area contributed by atoms with E-state index in [0.29, 0.717) is 12.3 Å². The van der Waals surface area contributed by atoms with E-state index in [1.165, 1.54) is 5.56 Å². The minimum Gasteiger partial charge on any atom is -0.342 e. The van der Waals surface area contributed by atoms with Crippen LogP contribution in [0.1, 0.15) is 30.7 Å². The average Bonchev–Trinajstić information content (AvgIpc) is 2.88. The number of benzene rings is 1. The van der Waals surface area contributed by atoms with Crippen molar-refractivity contribution in [1.29, 1.82) is 0 Å². The molecule has 114 valence electrons. The summed E-state index contributed by atoms with van der Waals surface area (Å²) in [4.78, 5) is 14.3. The maximum Gasteiger partial charge on any atom is 0.226 e. The summed E-state index contributed by atoms with van der Waals surface area (Å²) in [5.74, 6) is 0.474. The van der Waals surface area contributed by atoms with Crippen LogP contribution >= 0.6 is 0 Å². The van der Waals surface area contributed by atoms with Crippen molar-refractivity contribution in [1.82, 2.24) is 4.90 Å². The number of likely N-dealkylation sites (tertiary alicyclic amines) is 1. The van der Waals surface area contributed by atoms with Crippen molar-refractivity contribution < 1.29 is 13.2 Å². The van der Waals surface area contributed by atoms with Gasteiger partial charge in [-0.3, -0.25) is 4.79 Å². The molecule has 1 aromatic carbocycles. The molecule has 2 fully saturated rings. The molecule has 0 aromatic heterocycles.